The molecular formula is C15H23FN2O3. The summed E-state index contributed by atoms with van der Waals surface area (Å²) >= 11 is 0. The molecule has 0 aliphatic carbocycles. The Hall–Kier alpha value is -1.66. The summed E-state index contributed by atoms with van der Waals surface area (Å²) < 4.78 is 23.6. The molecular weight excluding hydrogens is 275 g/mol. The molecule has 0 saturated heterocycles. The third-order valence-corrected chi connectivity index (χ3v) is 2.69. The maximum absolute atomic E-state index is 13.5. The zero-order chi connectivity index (χ0) is 15.5. The molecule has 0 fully saturated rings. The van der Waals surface area contributed by atoms with Crippen LogP contribution in [0.15, 0.2) is 18.2 Å². The van der Waals surface area contributed by atoms with Crippen molar-refractivity contribution in [1.29, 1.82) is 0 Å². The second-order valence-corrected chi connectivity index (χ2v) is 4.60. The van der Waals surface area contributed by atoms with Gasteiger partial charge in [0.05, 0.1) is 6.61 Å². The lowest BCUT2D eigenvalue weighted by atomic mass is 10.2. The summed E-state index contributed by atoms with van der Waals surface area (Å²) in [5, 5.41) is 5.82. The molecule has 1 aromatic carbocycles. The number of amides is 1. The maximum Gasteiger partial charge on any atom is 0.258 e. The van der Waals surface area contributed by atoms with E-state index in [4.69, 9.17) is 9.47 Å². The highest BCUT2D eigenvalue weighted by Crippen LogP contribution is 2.16. The fourth-order valence-electron chi connectivity index (χ4n) is 1.71. The number of carbonyl (C=O) groups is 1. The standard InChI is InChI=1S/C15H23FN2O3/c1-3-4-17-10-12-7-13(16)9-14(8-12)21-11-15(19)18-5-6-20-2/h7-9,17H,3-6,10-11H2,1-2H3,(H,18,19). The normalized spacial score (nSPS) is 10.4. The Morgan fingerprint density at radius 1 is 1.29 bits per heavy atom. The maximum atomic E-state index is 13.5. The van der Waals surface area contributed by atoms with Crippen LogP contribution in [0.5, 0.6) is 5.75 Å². The molecule has 0 radical (unpaired) electrons. The van der Waals surface area contributed by atoms with E-state index in [0.29, 0.717) is 25.4 Å². The molecule has 1 rings (SSSR count). The van der Waals surface area contributed by atoms with E-state index in [0.717, 1.165) is 18.5 Å². The Kier molecular flexibility index (Phi) is 8.38. The Balaban J connectivity index is 2.45. The summed E-state index contributed by atoms with van der Waals surface area (Å²) in [4.78, 5) is 11.5. The second-order valence-electron chi connectivity index (χ2n) is 4.60. The van der Waals surface area contributed by atoms with E-state index < -0.39 is 0 Å². The van der Waals surface area contributed by atoms with Crippen LogP contribution in [0.2, 0.25) is 0 Å². The number of rotatable bonds is 10. The summed E-state index contributed by atoms with van der Waals surface area (Å²) in [6.45, 7) is 4.23. The van der Waals surface area contributed by atoms with Gasteiger partial charge in [-0.15, -0.1) is 0 Å². The molecule has 0 aliphatic heterocycles. The van der Waals surface area contributed by atoms with E-state index in [1.807, 2.05) is 0 Å². The van der Waals surface area contributed by atoms with Gasteiger partial charge < -0.3 is 20.1 Å². The first-order valence-electron chi connectivity index (χ1n) is 7.04. The minimum Gasteiger partial charge on any atom is -0.484 e. The van der Waals surface area contributed by atoms with Crippen molar-refractivity contribution in [1.82, 2.24) is 10.6 Å². The van der Waals surface area contributed by atoms with Crippen molar-refractivity contribution < 1.29 is 18.7 Å². The predicted octanol–water partition coefficient (Wildman–Crippen LogP) is 1.47. The molecule has 118 valence electrons. The van der Waals surface area contributed by atoms with Crippen molar-refractivity contribution >= 4 is 5.91 Å². The molecule has 0 aliphatic rings. The van der Waals surface area contributed by atoms with E-state index >= 15 is 0 Å². The van der Waals surface area contributed by atoms with Crippen LogP contribution in [-0.2, 0) is 16.1 Å². The largest absolute Gasteiger partial charge is 0.484 e. The molecule has 21 heavy (non-hydrogen) atoms. The second kappa shape index (κ2) is 10.1. The van der Waals surface area contributed by atoms with Crippen LogP contribution < -0.4 is 15.4 Å². The summed E-state index contributed by atoms with van der Waals surface area (Å²) in [7, 11) is 1.56. The number of hydrogen-bond donors (Lipinski definition) is 2. The highest BCUT2D eigenvalue weighted by Gasteiger charge is 2.05. The lowest BCUT2D eigenvalue weighted by Gasteiger charge is -2.09. The van der Waals surface area contributed by atoms with Crippen LogP contribution >= 0.6 is 0 Å². The first kappa shape index (κ1) is 17.4. The topological polar surface area (TPSA) is 59.6 Å². The SMILES string of the molecule is CCCNCc1cc(F)cc(OCC(=O)NCCOC)c1. The van der Waals surface area contributed by atoms with Gasteiger partial charge in [-0.25, -0.2) is 4.39 Å². The molecule has 0 unspecified atom stereocenters. The Morgan fingerprint density at radius 2 is 2.10 bits per heavy atom. The fraction of sp³-hybridized carbons (Fsp3) is 0.533. The van der Waals surface area contributed by atoms with E-state index in [1.165, 1.54) is 12.1 Å². The summed E-state index contributed by atoms with van der Waals surface area (Å²) in [5.74, 6) is -0.284. The molecule has 0 heterocycles. The average molecular weight is 298 g/mol. The van der Waals surface area contributed by atoms with Crippen molar-refractivity contribution in [2.75, 3.05) is 33.4 Å². The van der Waals surface area contributed by atoms with Gasteiger partial charge in [0.15, 0.2) is 6.61 Å². The minimum atomic E-state index is -0.374. The molecule has 0 spiro atoms. The third-order valence-electron chi connectivity index (χ3n) is 2.69. The van der Waals surface area contributed by atoms with Gasteiger partial charge in [-0.3, -0.25) is 4.79 Å². The van der Waals surface area contributed by atoms with Crippen LogP contribution in [0.3, 0.4) is 0 Å². The van der Waals surface area contributed by atoms with Crippen LogP contribution in [0, 0.1) is 5.82 Å². The van der Waals surface area contributed by atoms with Gasteiger partial charge in [-0.05, 0) is 30.7 Å². The number of hydrogen-bond acceptors (Lipinski definition) is 4. The van der Waals surface area contributed by atoms with Crippen LogP contribution in [0.1, 0.15) is 18.9 Å². The van der Waals surface area contributed by atoms with Gasteiger partial charge in [-0.2, -0.15) is 0 Å². The highest BCUT2D eigenvalue weighted by molar-refractivity contribution is 5.77. The lowest BCUT2D eigenvalue weighted by Crippen LogP contribution is -2.31. The number of methoxy groups -OCH3 is 1. The number of nitrogens with one attached hydrogen (secondary N) is 2. The smallest absolute Gasteiger partial charge is 0.258 e. The molecule has 2 N–H and O–H groups in total. The van der Waals surface area contributed by atoms with E-state index in [1.54, 1.807) is 13.2 Å². The zero-order valence-electron chi connectivity index (χ0n) is 12.6. The van der Waals surface area contributed by atoms with Gasteiger partial charge in [-0.1, -0.05) is 6.92 Å². The number of ether oxygens (including phenoxy) is 2. The summed E-state index contributed by atoms with van der Waals surface area (Å²) in [6.07, 6.45) is 1.01. The molecule has 1 amide bonds. The van der Waals surface area contributed by atoms with Gasteiger partial charge in [0.25, 0.3) is 5.91 Å². The van der Waals surface area contributed by atoms with E-state index in [2.05, 4.69) is 17.6 Å². The number of benzene rings is 1. The molecule has 1 aromatic rings. The Labute approximate surface area is 124 Å². The van der Waals surface area contributed by atoms with Gasteiger partial charge in [0.1, 0.15) is 11.6 Å². The third kappa shape index (κ3) is 7.63. The van der Waals surface area contributed by atoms with Crippen molar-refractivity contribution in [3.63, 3.8) is 0 Å². The molecule has 0 bridgehead atoms. The lowest BCUT2D eigenvalue weighted by molar-refractivity contribution is -0.123. The van der Waals surface area contributed by atoms with Crippen molar-refractivity contribution in [3.05, 3.63) is 29.6 Å². The van der Waals surface area contributed by atoms with Crippen LogP contribution in [-0.4, -0.2) is 39.3 Å². The van der Waals surface area contributed by atoms with E-state index in [-0.39, 0.29) is 18.3 Å². The van der Waals surface area contributed by atoms with Gasteiger partial charge in [0.2, 0.25) is 0 Å². The molecule has 0 atom stereocenters. The first-order chi connectivity index (χ1) is 10.2. The Bertz CT molecular complexity index is 441. The monoisotopic (exact) mass is 298 g/mol. The number of halogens is 1. The van der Waals surface area contributed by atoms with Gasteiger partial charge in [0, 0.05) is 26.3 Å². The van der Waals surface area contributed by atoms with Crippen molar-refractivity contribution in [3.8, 4) is 5.75 Å². The quantitative estimate of drug-likeness (QED) is 0.642. The van der Waals surface area contributed by atoms with Crippen LogP contribution in [0.25, 0.3) is 0 Å². The molecule has 0 aromatic heterocycles. The van der Waals surface area contributed by atoms with Gasteiger partial charge >= 0.3 is 0 Å². The van der Waals surface area contributed by atoms with Crippen molar-refractivity contribution in [2.24, 2.45) is 0 Å². The summed E-state index contributed by atoms with van der Waals surface area (Å²) in [6, 6.07) is 4.45. The van der Waals surface area contributed by atoms with Crippen LogP contribution in [0.4, 0.5) is 4.39 Å². The summed E-state index contributed by atoms with van der Waals surface area (Å²) in [5.41, 5.74) is 0.790. The minimum absolute atomic E-state index is 0.144. The van der Waals surface area contributed by atoms with Crippen molar-refractivity contribution in [2.45, 2.75) is 19.9 Å². The molecule has 0 saturated carbocycles. The predicted molar refractivity (Wildman–Crippen MR) is 78.8 cm³/mol. The van der Waals surface area contributed by atoms with E-state index in [9.17, 15) is 9.18 Å². The number of carbonyl (C=O) groups excluding carboxylic acids is 1. The zero-order valence-corrected chi connectivity index (χ0v) is 12.6. The Morgan fingerprint density at radius 3 is 2.81 bits per heavy atom. The highest BCUT2D eigenvalue weighted by atomic mass is 19.1. The molecule has 6 heteroatoms. The molecule has 5 nitrogen and oxygen atoms in total. The average Bonchev–Trinajstić information content (AvgIpc) is 2.45. The fourth-order valence-corrected chi connectivity index (χ4v) is 1.71. The first-order valence-corrected chi connectivity index (χ1v) is 7.04.